The standard InChI is InChI=1S/C15H29N3O/c1-13(2)17-15(3,12-16)7-8-18(4)9-10-19-11-14-5-6-14/h13-14,17H,5-11H2,1-4H3. The van der Waals surface area contributed by atoms with Gasteiger partial charge in [-0.25, -0.2) is 0 Å². The Bertz CT molecular complexity index is 296. The molecule has 0 heterocycles. The molecule has 4 nitrogen and oxygen atoms in total. The summed E-state index contributed by atoms with van der Waals surface area (Å²) in [6, 6.07) is 2.72. The predicted molar refractivity (Wildman–Crippen MR) is 77.9 cm³/mol. The molecule has 4 heteroatoms. The van der Waals surface area contributed by atoms with Gasteiger partial charge in [0.15, 0.2) is 0 Å². The minimum atomic E-state index is -0.433. The summed E-state index contributed by atoms with van der Waals surface area (Å²) in [5.41, 5.74) is -0.433. The largest absolute Gasteiger partial charge is 0.380 e. The molecule has 0 aromatic rings. The highest BCUT2D eigenvalue weighted by Gasteiger charge is 2.24. The summed E-state index contributed by atoms with van der Waals surface area (Å²) in [7, 11) is 2.09. The van der Waals surface area contributed by atoms with E-state index in [-0.39, 0.29) is 0 Å². The molecule has 1 saturated carbocycles. The van der Waals surface area contributed by atoms with E-state index in [2.05, 4.69) is 37.2 Å². The van der Waals surface area contributed by atoms with Gasteiger partial charge in [-0.3, -0.25) is 5.32 Å². The van der Waals surface area contributed by atoms with Crippen LogP contribution in [0.1, 0.15) is 40.0 Å². The normalized spacial score (nSPS) is 18.6. The van der Waals surface area contributed by atoms with Gasteiger partial charge in [0, 0.05) is 25.7 Å². The maximum absolute atomic E-state index is 9.27. The first kappa shape index (κ1) is 16.4. The third-order valence-corrected chi connectivity index (χ3v) is 3.52. The fourth-order valence-corrected chi connectivity index (χ4v) is 2.08. The Morgan fingerprint density at radius 3 is 2.63 bits per heavy atom. The smallest absolute Gasteiger partial charge is 0.105 e. The van der Waals surface area contributed by atoms with Crippen LogP contribution >= 0.6 is 0 Å². The molecule has 1 N–H and O–H groups in total. The van der Waals surface area contributed by atoms with Gasteiger partial charge in [-0.1, -0.05) is 0 Å². The highest BCUT2D eigenvalue weighted by Crippen LogP contribution is 2.28. The van der Waals surface area contributed by atoms with E-state index in [9.17, 15) is 5.26 Å². The van der Waals surface area contributed by atoms with Crippen LogP contribution in [0.2, 0.25) is 0 Å². The van der Waals surface area contributed by atoms with E-state index in [1.54, 1.807) is 0 Å². The minimum Gasteiger partial charge on any atom is -0.380 e. The Hall–Kier alpha value is -0.630. The summed E-state index contributed by atoms with van der Waals surface area (Å²) >= 11 is 0. The van der Waals surface area contributed by atoms with Crippen molar-refractivity contribution >= 4 is 0 Å². The van der Waals surface area contributed by atoms with Crippen molar-refractivity contribution in [1.82, 2.24) is 10.2 Å². The number of rotatable bonds is 10. The number of ether oxygens (including phenoxy) is 1. The van der Waals surface area contributed by atoms with E-state index < -0.39 is 5.54 Å². The molecule has 0 aromatic carbocycles. The van der Waals surface area contributed by atoms with Gasteiger partial charge in [-0.05, 0) is 53.0 Å². The van der Waals surface area contributed by atoms with Crippen molar-refractivity contribution in [2.24, 2.45) is 5.92 Å². The summed E-state index contributed by atoms with van der Waals surface area (Å²) in [4.78, 5) is 2.24. The van der Waals surface area contributed by atoms with Crippen LogP contribution in [-0.2, 0) is 4.74 Å². The summed E-state index contributed by atoms with van der Waals surface area (Å²) in [5, 5.41) is 12.6. The fraction of sp³-hybridized carbons (Fsp3) is 0.933. The first-order valence-electron chi connectivity index (χ1n) is 7.40. The second-order valence-electron chi connectivity index (χ2n) is 6.31. The SMILES string of the molecule is CC(C)NC(C)(C#N)CCN(C)CCOCC1CC1. The van der Waals surface area contributed by atoms with E-state index in [0.717, 1.165) is 38.6 Å². The van der Waals surface area contributed by atoms with Crippen molar-refractivity contribution in [3.05, 3.63) is 0 Å². The van der Waals surface area contributed by atoms with Gasteiger partial charge in [0.1, 0.15) is 5.54 Å². The Balaban J connectivity index is 2.12. The molecule has 0 amide bonds. The van der Waals surface area contributed by atoms with Crippen LogP contribution in [0.25, 0.3) is 0 Å². The number of nitrogens with zero attached hydrogens (tertiary/aromatic N) is 2. The molecule has 0 bridgehead atoms. The number of hydrogen-bond acceptors (Lipinski definition) is 4. The molecule has 0 aliphatic heterocycles. The molecule has 1 unspecified atom stereocenters. The average Bonchev–Trinajstić information content (AvgIpc) is 3.15. The first-order chi connectivity index (χ1) is 8.95. The zero-order valence-electron chi connectivity index (χ0n) is 12.9. The zero-order chi connectivity index (χ0) is 14.3. The molecule has 1 atom stereocenters. The second kappa shape index (κ2) is 7.84. The van der Waals surface area contributed by atoms with Gasteiger partial charge in [-0.15, -0.1) is 0 Å². The fourth-order valence-electron chi connectivity index (χ4n) is 2.08. The van der Waals surface area contributed by atoms with E-state index in [0.29, 0.717) is 6.04 Å². The van der Waals surface area contributed by atoms with E-state index >= 15 is 0 Å². The van der Waals surface area contributed by atoms with Crippen molar-refractivity contribution in [2.75, 3.05) is 33.4 Å². The Labute approximate surface area is 118 Å². The lowest BCUT2D eigenvalue weighted by atomic mass is 9.98. The van der Waals surface area contributed by atoms with E-state index in [1.165, 1.54) is 12.8 Å². The Morgan fingerprint density at radius 1 is 1.42 bits per heavy atom. The van der Waals surface area contributed by atoms with Crippen molar-refractivity contribution in [1.29, 1.82) is 5.26 Å². The molecule has 0 spiro atoms. The van der Waals surface area contributed by atoms with Gasteiger partial charge >= 0.3 is 0 Å². The van der Waals surface area contributed by atoms with Crippen molar-refractivity contribution in [3.8, 4) is 6.07 Å². The maximum Gasteiger partial charge on any atom is 0.105 e. The highest BCUT2D eigenvalue weighted by atomic mass is 16.5. The van der Waals surface area contributed by atoms with Crippen LogP contribution in [0.5, 0.6) is 0 Å². The van der Waals surface area contributed by atoms with Gasteiger partial charge in [0.05, 0.1) is 12.7 Å². The van der Waals surface area contributed by atoms with Crippen LogP contribution in [0.3, 0.4) is 0 Å². The molecule has 19 heavy (non-hydrogen) atoms. The maximum atomic E-state index is 9.27. The van der Waals surface area contributed by atoms with Crippen molar-refractivity contribution in [3.63, 3.8) is 0 Å². The van der Waals surface area contributed by atoms with Crippen LogP contribution in [-0.4, -0.2) is 49.8 Å². The lowest BCUT2D eigenvalue weighted by molar-refractivity contribution is 0.101. The van der Waals surface area contributed by atoms with Gasteiger partial charge in [0.25, 0.3) is 0 Å². The summed E-state index contributed by atoms with van der Waals surface area (Å²) in [6.07, 6.45) is 3.52. The van der Waals surface area contributed by atoms with Crippen LogP contribution < -0.4 is 5.32 Å². The lowest BCUT2D eigenvalue weighted by Gasteiger charge is -2.28. The third-order valence-electron chi connectivity index (χ3n) is 3.52. The molecule has 1 aliphatic rings. The second-order valence-corrected chi connectivity index (χ2v) is 6.31. The molecule has 0 saturated heterocycles. The molecule has 1 rings (SSSR count). The molecule has 0 radical (unpaired) electrons. The summed E-state index contributed by atoms with van der Waals surface area (Å²) < 4.78 is 5.63. The van der Waals surface area contributed by atoms with E-state index in [4.69, 9.17) is 4.74 Å². The monoisotopic (exact) mass is 267 g/mol. The quantitative estimate of drug-likeness (QED) is 0.615. The molecule has 0 aromatic heterocycles. The Morgan fingerprint density at radius 2 is 2.11 bits per heavy atom. The van der Waals surface area contributed by atoms with Crippen molar-refractivity contribution in [2.45, 2.75) is 51.6 Å². The van der Waals surface area contributed by atoms with Gasteiger partial charge in [0.2, 0.25) is 0 Å². The number of nitrogens with one attached hydrogen (secondary N) is 1. The average molecular weight is 267 g/mol. The Kier molecular flexibility index (Phi) is 6.78. The third kappa shape index (κ3) is 7.51. The summed E-state index contributed by atoms with van der Waals surface area (Å²) in [5.74, 6) is 0.836. The number of hydrogen-bond donors (Lipinski definition) is 1. The van der Waals surface area contributed by atoms with Crippen LogP contribution in [0.4, 0.5) is 0 Å². The minimum absolute atomic E-state index is 0.330. The molecular formula is C15H29N3O. The van der Waals surface area contributed by atoms with Crippen LogP contribution in [0, 0.1) is 17.2 Å². The zero-order valence-corrected chi connectivity index (χ0v) is 12.9. The molecule has 1 fully saturated rings. The molecule has 1 aliphatic carbocycles. The van der Waals surface area contributed by atoms with Gasteiger partial charge < -0.3 is 9.64 Å². The van der Waals surface area contributed by atoms with Crippen LogP contribution in [0.15, 0.2) is 0 Å². The number of nitriles is 1. The molecule has 110 valence electrons. The van der Waals surface area contributed by atoms with E-state index in [1.807, 2.05) is 6.92 Å². The summed E-state index contributed by atoms with van der Waals surface area (Å²) in [6.45, 7) is 9.71. The molecular weight excluding hydrogens is 238 g/mol. The topological polar surface area (TPSA) is 48.3 Å². The predicted octanol–water partition coefficient (Wildman–Crippen LogP) is 2.02. The van der Waals surface area contributed by atoms with Crippen molar-refractivity contribution < 1.29 is 4.74 Å². The number of likely N-dealkylation sites (N-methyl/N-ethyl adjacent to an activating group) is 1. The lowest BCUT2D eigenvalue weighted by Crippen LogP contribution is -2.47. The van der Waals surface area contributed by atoms with Gasteiger partial charge in [-0.2, -0.15) is 5.26 Å². The first-order valence-corrected chi connectivity index (χ1v) is 7.40. The highest BCUT2D eigenvalue weighted by molar-refractivity contribution is 5.04.